The zero-order valence-electron chi connectivity index (χ0n) is 9.89. The van der Waals surface area contributed by atoms with Crippen LogP contribution < -0.4 is 0 Å². The Kier molecular flexibility index (Phi) is 2.69. The van der Waals surface area contributed by atoms with E-state index in [9.17, 15) is 14.3 Å². The van der Waals surface area contributed by atoms with Crippen LogP contribution in [-0.2, 0) is 12.0 Å². The Morgan fingerprint density at radius 2 is 2.16 bits per heavy atom. The van der Waals surface area contributed by atoms with Crippen LogP contribution in [0.2, 0.25) is 0 Å². The van der Waals surface area contributed by atoms with Gasteiger partial charge in [0, 0.05) is 0 Å². The highest BCUT2D eigenvalue weighted by atomic mass is 32.1. The molecule has 1 aliphatic carbocycles. The molecule has 5 heteroatoms. The number of rotatable bonds is 2. The molecule has 0 saturated heterocycles. The van der Waals surface area contributed by atoms with E-state index in [0.29, 0.717) is 28.8 Å². The van der Waals surface area contributed by atoms with Gasteiger partial charge in [0.1, 0.15) is 11.4 Å². The van der Waals surface area contributed by atoms with Crippen molar-refractivity contribution in [3.05, 3.63) is 57.0 Å². The molecule has 1 aromatic heterocycles. The van der Waals surface area contributed by atoms with Gasteiger partial charge in [0.2, 0.25) is 0 Å². The zero-order valence-corrected chi connectivity index (χ0v) is 10.7. The van der Waals surface area contributed by atoms with E-state index in [2.05, 4.69) is 0 Å². The standard InChI is InChI=1S/C14H11FO3S/c15-11-3-1-2-10-8(11)4-6-14(10,18)12-9(13(16)17)5-7-19-12/h1-3,5,7,18H,4,6H2,(H,16,17). The fourth-order valence-corrected chi connectivity index (χ4v) is 3.70. The molecular formula is C14H11FO3S. The quantitative estimate of drug-likeness (QED) is 0.888. The third-order valence-electron chi connectivity index (χ3n) is 3.57. The number of hydrogen-bond acceptors (Lipinski definition) is 3. The van der Waals surface area contributed by atoms with Gasteiger partial charge in [-0.15, -0.1) is 11.3 Å². The molecule has 2 N–H and O–H groups in total. The first-order valence-corrected chi connectivity index (χ1v) is 6.73. The summed E-state index contributed by atoms with van der Waals surface area (Å²) in [7, 11) is 0. The number of aromatic carboxylic acids is 1. The minimum atomic E-state index is -1.39. The Morgan fingerprint density at radius 1 is 1.37 bits per heavy atom. The number of carbonyl (C=O) groups is 1. The summed E-state index contributed by atoms with van der Waals surface area (Å²) >= 11 is 1.19. The second-order valence-corrected chi connectivity index (χ2v) is 5.51. The van der Waals surface area contributed by atoms with E-state index >= 15 is 0 Å². The maximum atomic E-state index is 13.7. The maximum Gasteiger partial charge on any atom is 0.336 e. The summed E-state index contributed by atoms with van der Waals surface area (Å²) in [5, 5.41) is 21.6. The molecule has 19 heavy (non-hydrogen) atoms. The molecule has 1 aliphatic rings. The number of halogens is 1. The van der Waals surface area contributed by atoms with Gasteiger partial charge in [-0.1, -0.05) is 12.1 Å². The summed E-state index contributed by atoms with van der Waals surface area (Å²) in [5.41, 5.74) is -0.337. The molecule has 98 valence electrons. The van der Waals surface area contributed by atoms with Gasteiger partial charge < -0.3 is 10.2 Å². The highest BCUT2D eigenvalue weighted by molar-refractivity contribution is 7.10. The second-order valence-electron chi connectivity index (χ2n) is 4.59. The molecule has 1 unspecified atom stereocenters. The van der Waals surface area contributed by atoms with Crippen molar-refractivity contribution < 1.29 is 19.4 Å². The number of carboxylic acids is 1. The summed E-state index contributed by atoms with van der Waals surface area (Å²) < 4.78 is 13.7. The molecule has 0 fully saturated rings. The summed E-state index contributed by atoms with van der Waals surface area (Å²) in [5.74, 6) is -1.42. The Balaban J connectivity index is 2.20. The van der Waals surface area contributed by atoms with Crippen molar-refractivity contribution in [2.24, 2.45) is 0 Å². The van der Waals surface area contributed by atoms with E-state index in [1.807, 2.05) is 0 Å². The Bertz CT molecular complexity index is 664. The number of benzene rings is 1. The lowest BCUT2D eigenvalue weighted by Crippen LogP contribution is -2.25. The number of hydrogen-bond donors (Lipinski definition) is 2. The minimum Gasteiger partial charge on any atom is -0.478 e. The lowest BCUT2D eigenvalue weighted by Gasteiger charge is -2.23. The molecule has 2 aromatic rings. The first kappa shape index (κ1) is 12.3. The molecule has 0 saturated carbocycles. The Labute approximate surface area is 112 Å². The van der Waals surface area contributed by atoms with E-state index in [1.54, 1.807) is 17.5 Å². The van der Waals surface area contributed by atoms with Crippen LogP contribution in [-0.4, -0.2) is 16.2 Å². The highest BCUT2D eigenvalue weighted by Gasteiger charge is 2.42. The molecule has 0 aliphatic heterocycles. The monoisotopic (exact) mass is 278 g/mol. The molecule has 0 bridgehead atoms. The smallest absolute Gasteiger partial charge is 0.336 e. The second kappa shape index (κ2) is 4.15. The first-order valence-electron chi connectivity index (χ1n) is 5.85. The maximum absolute atomic E-state index is 13.7. The van der Waals surface area contributed by atoms with E-state index in [4.69, 9.17) is 5.11 Å². The van der Waals surface area contributed by atoms with E-state index in [-0.39, 0.29) is 11.4 Å². The number of fused-ring (bicyclic) bond motifs is 1. The molecule has 0 spiro atoms. The first-order chi connectivity index (χ1) is 9.04. The molecule has 0 amide bonds. The van der Waals surface area contributed by atoms with Gasteiger partial charge in [-0.05, 0) is 41.5 Å². The van der Waals surface area contributed by atoms with Crippen LogP contribution in [0.25, 0.3) is 0 Å². The summed E-state index contributed by atoms with van der Waals surface area (Å²) in [6, 6.07) is 6.03. The van der Waals surface area contributed by atoms with Gasteiger partial charge in [0.25, 0.3) is 0 Å². The van der Waals surface area contributed by atoms with Crippen LogP contribution in [0.5, 0.6) is 0 Å². The van der Waals surface area contributed by atoms with Crippen molar-refractivity contribution in [1.29, 1.82) is 0 Å². The van der Waals surface area contributed by atoms with E-state index in [0.717, 1.165) is 0 Å². The lowest BCUT2D eigenvalue weighted by atomic mass is 9.92. The van der Waals surface area contributed by atoms with Gasteiger partial charge >= 0.3 is 5.97 Å². The third-order valence-corrected chi connectivity index (χ3v) is 4.64. The van der Waals surface area contributed by atoms with Crippen molar-refractivity contribution in [3.8, 4) is 0 Å². The average Bonchev–Trinajstić information content (AvgIpc) is 2.96. The van der Waals surface area contributed by atoms with Crippen LogP contribution in [0, 0.1) is 5.82 Å². The zero-order chi connectivity index (χ0) is 13.6. The van der Waals surface area contributed by atoms with Crippen molar-refractivity contribution in [2.45, 2.75) is 18.4 Å². The van der Waals surface area contributed by atoms with Gasteiger partial charge in [-0.25, -0.2) is 9.18 Å². The van der Waals surface area contributed by atoms with Crippen molar-refractivity contribution in [1.82, 2.24) is 0 Å². The molecular weight excluding hydrogens is 267 g/mol. The summed E-state index contributed by atoms with van der Waals surface area (Å²) in [6.07, 6.45) is 0.722. The fourth-order valence-electron chi connectivity index (χ4n) is 2.67. The van der Waals surface area contributed by atoms with Crippen LogP contribution in [0.4, 0.5) is 4.39 Å². The van der Waals surface area contributed by atoms with Crippen LogP contribution >= 0.6 is 11.3 Å². The number of aliphatic hydroxyl groups is 1. The van der Waals surface area contributed by atoms with E-state index in [1.165, 1.54) is 23.5 Å². The van der Waals surface area contributed by atoms with Gasteiger partial charge in [0.05, 0.1) is 10.4 Å². The van der Waals surface area contributed by atoms with Crippen molar-refractivity contribution in [3.63, 3.8) is 0 Å². The Morgan fingerprint density at radius 3 is 2.89 bits per heavy atom. The van der Waals surface area contributed by atoms with Gasteiger partial charge in [-0.3, -0.25) is 0 Å². The third kappa shape index (κ3) is 1.69. The largest absolute Gasteiger partial charge is 0.478 e. The summed E-state index contributed by atoms with van der Waals surface area (Å²) in [6.45, 7) is 0. The van der Waals surface area contributed by atoms with Crippen LogP contribution in [0.1, 0.15) is 32.8 Å². The average molecular weight is 278 g/mol. The topological polar surface area (TPSA) is 57.5 Å². The lowest BCUT2D eigenvalue weighted by molar-refractivity contribution is 0.0655. The predicted molar refractivity (Wildman–Crippen MR) is 69.0 cm³/mol. The van der Waals surface area contributed by atoms with Gasteiger partial charge in [0.15, 0.2) is 0 Å². The molecule has 3 rings (SSSR count). The molecule has 1 aromatic carbocycles. The molecule has 1 atom stereocenters. The SMILES string of the molecule is O=C(O)c1ccsc1C1(O)CCc2c(F)cccc21. The predicted octanol–water partition coefficient (Wildman–Crippen LogP) is 2.77. The summed E-state index contributed by atoms with van der Waals surface area (Å²) in [4.78, 5) is 11.6. The number of thiophene rings is 1. The minimum absolute atomic E-state index is 0.0876. The molecule has 0 radical (unpaired) electrons. The van der Waals surface area contributed by atoms with Crippen molar-refractivity contribution in [2.75, 3.05) is 0 Å². The van der Waals surface area contributed by atoms with Gasteiger partial charge in [-0.2, -0.15) is 0 Å². The highest BCUT2D eigenvalue weighted by Crippen LogP contribution is 2.45. The normalized spacial score (nSPS) is 21.4. The number of carboxylic acid groups (broad SMARTS) is 1. The van der Waals surface area contributed by atoms with Crippen LogP contribution in [0.15, 0.2) is 29.6 Å². The van der Waals surface area contributed by atoms with Crippen LogP contribution in [0.3, 0.4) is 0 Å². The Hall–Kier alpha value is -1.72. The molecule has 3 nitrogen and oxygen atoms in total. The van der Waals surface area contributed by atoms with E-state index < -0.39 is 11.6 Å². The van der Waals surface area contributed by atoms with Crippen molar-refractivity contribution >= 4 is 17.3 Å². The molecule has 1 heterocycles. The fraction of sp³-hybridized carbons (Fsp3) is 0.214.